The lowest BCUT2D eigenvalue weighted by Crippen LogP contribution is -2.30. The molecule has 0 aromatic heterocycles. The molecule has 0 spiro atoms. The Morgan fingerprint density at radius 2 is 1.58 bits per heavy atom. The Balaban J connectivity index is 3.53. The highest BCUT2D eigenvalue weighted by Gasteiger charge is 2.03. The van der Waals surface area contributed by atoms with Crippen molar-refractivity contribution in [2.75, 3.05) is 39.8 Å². The maximum Gasteiger partial charge on any atom is 0.306 e. The van der Waals surface area contributed by atoms with Crippen molar-refractivity contribution in [2.24, 2.45) is 0 Å². The molecule has 0 rings (SSSR count). The Hall–Kier alpha value is -0.610. The lowest BCUT2D eigenvalue weighted by Gasteiger charge is -2.21. The molecule has 0 radical (unpaired) electrons. The van der Waals surface area contributed by atoms with Crippen LogP contribution < -0.4 is 5.32 Å². The zero-order valence-electron chi connectivity index (χ0n) is 13.0. The molecule has 0 amide bonds. The van der Waals surface area contributed by atoms with Gasteiger partial charge in [-0.1, -0.05) is 26.7 Å². The van der Waals surface area contributed by atoms with Gasteiger partial charge in [-0.05, 0) is 45.4 Å². The number of methoxy groups -OCH3 is 1. The van der Waals surface area contributed by atoms with Gasteiger partial charge in [-0.15, -0.1) is 0 Å². The Bertz CT molecular complexity index is 202. The van der Waals surface area contributed by atoms with Gasteiger partial charge in [0.05, 0.1) is 13.5 Å². The third kappa shape index (κ3) is 12.2. The van der Waals surface area contributed by atoms with Crippen LogP contribution in [0, 0.1) is 0 Å². The van der Waals surface area contributed by atoms with E-state index in [0.29, 0.717) is 6.42 Å². The minimum Gasteiger partial charge on any atom is -0.469 e. The van der Waals surface area contributed by atoms with E-state index in [1.165, 1.54) is 45.9 Å². The predicted octanol–water partition coefficient (Wildman–Crippen LogP) is 2.43. The highest BCUT2D eigenvalue weighted by molar-refractivity contribution is 5.69. The second kappa shape index (κ2) is 13.8. The third-order valence-electron chi connectivity index (χ3n) is 3.22. The Kier molecular flexibility index (Phi) is 13.4. The maximum absolute atomic E-state index is 10.9. The molecule has 0 aliphatic carbocycles. The van der Waals surface area contributed by atoms with Gasteiger partial charge in [0, 0.05) is 6.54 Å². The number of ether oxygens (including phenoxy) is 1. The van der Waals surface area contributed by atoms with Crippen LogP contribution in [0.4, 0.5) is 0 Å². The summed E-state index contributed by atoms with van der Waals surface area (Å²) in [7, 11) is 1.43. The largest absolute Gasteiger partial charge is 0.469 e. The molecule has 4 heteroatoms. The quantitative estimate of drug-likeness (QED) is 0.413. The van der Waals surface area contributed by atoms with Crippen molar-refractivity contribution in [3.63, 3.8) is 0 Å². The molecular formula is C15H32N2O2. The Morgan fingerprint density at radius 3 is 2.11 bits per heavy atom. The molecule has 0 saturated carbocycles. The number of carbonyl (C=O) groups excluding carboxylic acids is 1. The topological polar surface area (TPSA) is 41.6 Å². The van der Waals surface area contributed by atoms with Crippen molar-refractivity contribution in [2.45, 2.75) is 52.4 Å². The molecule has 0 aromatic carbocycles. The van der Waals surface area contributed by atoms with E-state index in [1.807, 2.05) is 0 Å². The van der Waals surface area contributed by atoms with E-state index >= 15 is 0 Å². The van der Waals surface area contributed by atoms with Crippen LogP contribution in [0.5, 0.6) is 0 Å². The van der Waals surface area contributed by atoms with Gasteiger partial charge in [0.25, 0.3) is 0 Å². The van der Waals surface area contributed by atoms with Crippen molar-refractivity contribution in [3.8, 4) is 0 Å². The van der Waals surface area contributed by atoms with Crippen molar-refractivity contribution >= 4 is 5.97 Å². The van der Waals surface area contributed by atoms with E-state index in [1.54, 1.807) is 0 Å². The van der Waals surface area contributed by atoms with Gasteiger partial charge in [0.15, 0.2) is 0 Å². The van der Waals surface area contributed by atoms with Crippen LogP contribution >= 0.6 is 0 Å². The van der Waals surface area contributed by atoms with Gasteiger partial charge in [-0.25, -0.2) is 0 Å². The SMILES string of the molecule is CCCCN(CCCC)CCCNCCC(=O)OC. The highest BCUT2D eigenvalue weighted by atomic mass is 16.5. The van der Waals surface area contributed by atoms with Gasteiger partial charge in [-0.2, -0.15) is 0 Å². The molecule has 0 aliphatic heterocycles. The summed E-state index contributed by atoms with van der Waals surface area (Å²) >= 11 is 0. The minimum atomic E-state index is -0.139. The summed E-state index contributed by atoms with van der Waals surface area (Å²) in [6.07, 6.45) is 6.72. The summed E-state index contributed by atoms with van der Waals surface area (Å²) in [6, 6.07) is 0. The number of esters is 1. The number of carbonyl (C=O) groups is 1. The zero-order chi connectivity index (χ0) is 14.3. The van der Waals surface area contributed by atoms with Crippen LogP contribution in [0.15, 0.2) is 0 Å². The summed E-state index contributed by atoms with van der Waals surface area (Å²) in [5, 5.41) is 3.29. The first-order chi connectivity index (χ1) is 9.24. The molecule has 19 heavy (non-hydrogen) atoms. The third-order valence-corrected chi connectivity index (χ3v) is 3.22. The normalized spacial score (nSPS) is 10.9. The fourth-order valence-electron chi connectivity index (χ4n) is 1.94. The second-order valence-corrected chi connectivity index (χ2v) is 4.98. The zero-order valence-corrected chi connectivity index (χ0v) is 13.0. The highest BCUT2D eigenvalue weighted by Crippen LogP contribution is 2.00. The predicted molar refractivity (Wildman–Crippen MR) is 80.4 cm³/mol. The molecule has 114 valence electrons. The number of hydrogen-bond donors (Lipinski definition) is 1. The molecule has 0 heterocycles. The summed E-state index contributed by atoms with van der Waals surface area (Å²) in [4.78, 5) is 13.5. The van der Waals surface area contributed by atoms with Crippen LogP contribution in [0.1, 0.15) is 52.4 Å². The molecule has 0 bridgehead atoms. The molecule has 0 fully saturated rings. The van der Waals surface area contributed by atoms with Crippen LogP contribution in [0.3, 0.4) is 0 Å². The number of nitrogens with zero attached hydrogens (tertiary/aromatic N) is 1. The fraction of sp³-hybridized carbons (Fsp3) is 0.933. The molecule has 0 atom stereocenters. The van der Waals surface area contributed by atoms with Gasteiger partial charge < -0.3 is 15.0 Å². The van der Waals surface area contributed by atoms with Crippen molar-refractivity contribution in [1.82, 2.24) is 10.2 Å². The lowest BCUT2D eigenvalue weighted by atomic mass is 10.2. The van der Waals surface area contributed by atoms with Gasteiger partial charge in [0.1, 0.15) is 0 Å². The van der Waals surface area contributed by atoms with E-state index in [2.05, 4.69) is 28.8 Å². The van der Waals surface area contributed by atoms with E-state index in [9.17, 15) is 4.79 Å². The molecule has 0 saturated heterocycles. The maximum atomic E-state index is 10.9. The number of rotatable bonds is 13. The van der Waals surface area contributed by atoms with Crippen LogP contribution in [-0.2, 0) is 9.53 Å². The van der Waals surface area contributed by atoms with E-state index in [0.717, 1.165) is 26.1 Å². The Labute approximate surface area is 118 Å². The standard InChI is InChI=1S/C15H32N2O2/c1-4-6-12-17(13-7-5-2)14-8-10-16-11-9-15(18)19-3/h16H,4-14H2,1-3H3. The van der Waals surface area contributed by atoms with Gasteiger partial charge >= 0.3 is 5.97 Å². The van der Waals surface area contributed by atoms with E-state index in [4.69, 9.17) is 0 Å². The molecular weight excluding hydrogens is 240 g/mol. The van der Waals surface area contributed by atoms with Crippen LogP contribution in [0.2, 0.25) is 0 Å². The first-order valence-electron chi connectivity index (χ1n) is 7.74. The van der Waals surface area contributed by atoms with Gasteiger partial charge in [0.2, 0.25) is 0 Å². The van der Waals surface area contributed by atoms with Crippen molar-refractivity contribution in [3.05, 3.63) is 0 Å². The van der Waals surface area contributed by atoms with E-state index < -0.39 is 0 Å². The minimum absolute atomic E-state index is 0.139. The molecule has 1 N–H and O–H groups in total. The van der Waals surface area contributed by atoms with E-state index in [-0.39, 0.29) is 5.97 Å². The lowest BCUT2D eigenvalue weighted by molar-refractivity contribution is -0.140. The number of nitrogens with one attached hydrogen (secondary N) is 1. The number of hydrogen-bond acceptors (Lipinski definition) is 4. The van der Waals surface area contributed by atoms with Crippen molar-refractivity contribution < 1.29 is 9.53 Å². The average Bonchev–Trinajstić information content (AvgIpc) is 2.44. The summed E-state index contributed by atoms with van der Waals surface area (Å²) in [5.41, 5.74) is 0. The number of unbranched alkanes of at least 4 members (excludes halogenated alkanes) is 2. The molecule has 4 nitrogen and oxygen atoms in total. The average molecular weight is 272 g/mol. The summed E-state index contributed by atoms with van der Waals surface area (Å²) < 4.78 is 4.60. The Morgan fingerprint density at radius 1 is 1.00 bits per heavy atom. The summed E-state index contributed by atoms with van der Waals surface area (Å²) in [5.74, 6) is -0.139. The van der Waals surface area contributed by atoms with Crippen molar-refractivity contribution in [1.29, 1.82) is 0 Å². The monoisotopic (exact) mass is 272 g/mol. The first-order valence-corrected chi connectivity index (χ1v) is 7.74. The fourth-order valence-corrected chi connectivity index (χ4v) is 1.94. The second-order valence-electron chi connectivity index (χ2n) is 4.98. The van der Waals surface area contributed by atoms with Crippen LogP contribution in [0.25, 0.3) is 0 Å². The molecule has 0 aromatic rings. The van der Waals surface area contributed by atoms with Crippen LogP contribution in [-0.4, -0.2) is 50.7 Å². The first kappa shape index (κ1) is 18.4. The summed E-state index contributed by atoms with van der Waals surface area (Å²) in [6.45, 7) is 9.78. The molecule has 0 unspecified atom stereocenters. The smallest absolute Gasteiger partial charge is 0.306 e. The van der Waals surface area contributed by atoms with Gasteiger partial charge in [-0.3, -0.25) is 4.79 Å². The molecule has 0 aliphatic rings.